The first-order valence-corrected chi connectivity index (χ1v) is 6.91. The number of carbonyl (C=O) groups is 3. The van der Waals surface area contributed by atoms with Crippen LogP contribution in [0.3, 0.4) is 0 Å². The maximum Gasteiger partial charge on any atom is 0.262 e. The normalized spacial score (nSPS) is 13.4. The second-order valence-corrected chi connectivity index (χ2v) is 4.92. The number of carbonyl (C=O) groups excluding carboxylic acids is 3. The molecule has 1 aliphatic rings. The van der Waals surface area contributed by atoms with Gasteiger partial charge >= 0.3 is 0 Å². The Labute approximate surface area is 126 Å². The molecule has 0 radical (unpaired) electrons. The Bertz CT molecular complexity index is 687. The molecule has 22 heavy (non-hydrogen) atoms. The molecular weight excluding hydrogens is 284 g/mol. The first-order valence-electron chi connectivity index (χ1n) is 6.91. The lowest BCUT2D eigenvalue weighted by molar-refractivity contribution is -0.121. The number of rotatable bonds is 5. The van der Waals surface area contributed by atoms with Gasteiger partial charge in [0.05, 0.1) is 17.4 Å². The fraction of sp³-hybridized carbons (Fsp3) is 0.188. The predicted octanol–water partition coefficient (Wildman–Crippen LogP) is 1.23. The number of fused-ring (bicyclic) bond motifs is 1. The first-order chi connectivity index (χ1) is 10.7. The third kappa shape index (κ3) is 2.63. The van der Waals surface area contributed by atoms with Gasteiger partial charge in [-0.1, -0.05) is 12.1 Å². The van der Waals surface area contributed by atoms with Crippen molar-refractivity contribution in [2.24, 2.45) is 0 Å². The average Bonchev–Trinajstić information content (AvgIpc) is 3.11. The molecular formula is C16H14N2O4. The predicted molar refractivity (Wildman–Crippen MR) is 77.2 cm³/mol. The van der Waals surface area contributed by atoms with Crippen LogP contribution in [0.5, 0.6) is 0 Å². The fourth-order valence-electron chi connectivity index (χ4n) is 2.36. The molecule has 1 aromatic heterocycles. The largest absolute Gasteiger partial charge is 0.469 e. The fourth-order valence-corrected chi connectivity index (χ4v) is 2.36. The molecule has 6 heteroatoms. The number of imide groups is 1. The zero-order valence-electron chi connectivity index (χ0n) is 11.7. The number of amides is 3. The quantitative estimate of drug-likeness (QED) is 0.842. The summed E-state index contributed by atoms with van der Waals surface area (Å²) in [6, 6.07) is 10.1. The van der Waals surface area contributed by atoms with Crippen molar-refractivity contribution in [1.82, 2.24) is 10.2 Å². The number of nitrogens with zero attached hydrogens (tertiary/aromatic N) is 1. The molecule has 1 N–H and O–H groups in total. The molecule has 1 aliphatic heterocycles. The van der Waals surface area contributed by atoms with E-state index in [0.29, 0.717) is 24.1 Å². The Balaban J connectivity index is 1.56. The van der Waals surface area contributed by atoms with Crippen LogP contribution in [0.2, 0.25) is 0 Å². The zero-order valence-corrected chi connectivity index (χ0v) is 11.7. The van der Waals surface area contributed by atoms with E-state index in [0.717, 1.165) is 10.7 Å². The maximum absolute atomic E-state index is 12.1. The summed E-state index contributed by atoms with van der Waals surface area (Å²) in [5.41, 5.74) is 0.687. The molecule has 6 nitrogen and oxygen atoms in total. The van der Waals surface area contributed by atoms with Gasteiger partial charge in [0.25, 0.3) is 11.8 Å². The molecule has 3 amide bonds. The van der Waals surface area contributed by atoms with Gasteiger partial charge in [-0.05, 0) is 24.3 Å². The van der Waals surface area contributed by atoms with E-state index in [4.69, 9.17) is 4.42 Å². The molecule has 0 saturated heterocycles. The Morgan fingerprint density at radius 3 is 2.32 bits per heavy atom. The molecule has 0 atom stereocenters. The second kappa shape index (κ2) is 5.85. The Morgan fingerprint density at radius 1 is 1.05 bits per heavy atom. The molecule has 2 heterocycles. The monoisotopic (exact) mass is 298 g/mol. The van der Waals surface area contributed by atoms with E-state index >= 15 is 0 Å². The molecule has 3 rings (SSSR count). The van der Waals surface area contributed by atoms with Gasteiger partial charge in [0.15, 0.2) is 0 Å². The third-order valence-corrected chi connectivity index (χ3v) is 3.45. The highest BCUT2D eigenvalue weighted by atomic mass is 16.3. The van der Waals surface area contributed by atoms with Crippen molar-refractivity contribution in [2.75, 3.05) is 13.1 Å². The van der Waals surface area contributed by atoms with Gasteiger partial charge in [0, 0.05) is 13.0 Å². The van der Waals surface area contributed by atoms with E-state index in [9.17, 15) is 14.4 Å². The molecule has 0 bridgehead atoms. The minimum atomic E-state index is -0.429. The van der Waals surface area contributed by atoms with Crippen LogP contribution >= 0.6 is 0 Å². The van der Waals surface area contributed by atoms with E-state index in [1.165, 1.54) is 0 Å². The van der Waals surface area contributed by atoms with Gasteiger partial charge in [-0.2, -0.15) is 0 Å². The molecule has 112 valence electrons. The highest BCUT2D eigenvalue weighted by Gasteiger charge is 2.36. The summed E-state index contributed by atoms with van der Waals surface area (Å²) in [7, 11) is 0. The van der Waals surface area contributed by atoms with Crippen LogP contribution in [0.4, 0.5) is 0 Å². The van der Waals surface area contributed by atoms with Gasteiger partial charge in [-0.3, -0.25) is 19.3 Å². The van der Waals surface area contributed by atoms with Crippen LogP contribution in [0.1, 0.15) is 26.5 Å². The molecule has 1 aromatic carbocycles. The van der Waals surface area contributed by atoms with Gasteiger partial charge in [0.2, 0.25) is 5.91 Å². The van der Waals surface area contributed by atoms with E-state index in [2.05, 4.69) is 5.32 Å². The van der Waals surface area contributed by atoms with Crippen molar-refractivity contribution in [2.45, 2.75) is 6.42 Å². The molecule has 0 fully saturated rings. The smallest absolute Gasteiger partial charge is 0.262 e. The van der Waals surface area contributed by atoms with Gasteiger partial charge < -0.3 is 9.73 Å². The van der Waals surface area contributed by atoms with Crippen LogP contribution in [-0.2, 0) is 11.2 Å². The second-order valence-electron chi connectivity index (χ2n) is 4.92. The Morgan fingerprint density at radius 2 is 1.73 bits per heavy atom. The number of furan rings is 1. The summed E-state index contributed by atoms with van der Waals surface area (Å²) in [4.78, 5) is 37.1. The van der Waals surface area contributed by atoms with Crippen molar-refractivity contribution in [1.29, 1.82) is 0 Å². The lowest BCUT2D eigenvalue weighted by Crippen LogP contribution is -2.40. The third-order valence-electron chi connectivity index (χ3n) is 3.45. The Hall–Kier alpha value is -2.89. The van der Waals surface area contributed by atoms with Gasteiger partial charge in [-0.25, -0.2) is 0 Å². The van der Waals surface area contributed by atoms with E-state index < -0.39 is 11.8 Å². The van der Waals surface area contributed by atoms with Crippen molar-refractivity contribution < 1.29 is 18.8 Å². The summed E-state index contributed by atoms with van der Waals surface area (Å²) in [6.45, 7) is 0.111. The summed E-state index contributed by atoms with van der Waals surface area (Å²) < 4.78 is 5.16. The molecule has 0 spiro atoms. The summed E-state index contributed by atoms with van der Waals surface area (Å²) in [6.07, 6.45) is 2.12. The SMILES string of the molecule is O=C(CN1C(=O)c2ccccc2C1=O)NCCc1ccco1. The van der Waals surface area contributed by atoms with Crippen LogP contribution in [0.25, 0.3) is 0 Å². The molecule has 0 aliphatic carbocycles. The van der Waals surface area contributed by atoms with Gasteiger partial charge in [-0.15, -0.1) is 0 Å². The summed E-state index contributed by atoms with van der Waals surface area (Å²) in [5.74, 6) is -0.467. The maximum atomic E-state index is 12.1. The van der Waals surface area contributed by atoms with Crippen molar-refractivity contribution >= 4 is 17.7 Å². The van der Waals surface area contributed by atoms with E-state index in [-0.39, 0.29) is 12.5 Å². The van der Waals surface area contributed by atoms with Crippen LogP contribution in [0.15, 0.2) is 47.1 Å². The summed E-state index contributed by atoms with van der Waals surface area (Å²) in [5, 5.41) is 2.67. The van der Waals surface area contributed by atoms with Gasteiger partial charge in [0.1, 0.15) is 12.3 Å². The van der Waals surface area contributed by atoms with E-state index in [1.807, 2.05) is 6.07 Å². The van der Waals surface area contributed by atoms with Crippen molar-refractivity contribution in [3.05, 3.63) is 59.5 Å². The first kappa shape index (κ1) is 14.1. The highest BCUT2D eigenvalue weighted by molar-refractivity contribution is 6.22. The number of hydrogen-bond acceptors (Lipinski definition) is 4. The van der Waals surface area contributed by atoms with Crippen LogP contribution in [0, 0.1) is 0 Å². The minimum absolute atomic E-state index is 0.273. The van der Waals surface area contributed by atoms with Crippen molar-refractivity contribution in [3.63, 3.8) is 0 Å². The standard InChI is InChI=1S/C16H14N2O4/c19-14(17-8-7-11-4-3-9-22-11)10-18-15(20)12-5-1-2-6-13(12)16(18)21/h1-6,9H,7-8,10H2,(H,17,19). The topological polar surface area (TPSA) is 79.6 Å². The van der Waals surface area contributed by atoms with Crippen LogP contribution < -0.4 is 5.32 Å². The number of hydrogen-bond donors (Lipinski definition) is 1. The lowest BCUT2D eigenvalue weighted by atomic mass is 10.1. The van der Waals surface area contributed by atoms with E-state index in [1.54, 1.807) is 36.6 Å². The molecule has 2 aromatic rings. The zero-order chi connectivity index (χ0) is 15.5. The molecule has 0 unspecified atom stereocenters. The summed E-state index contributed by atoms with van der Waals surface area (Å²) >= 11 is 0. The van der Waals surface area contributed by atoms with Crippen LogP contribution in [-0.4, -0.2) is 35.7 Å². The molecule has 0 saturated carbocycles. The number of nitrogens with one attached hydrogen (secondary N) is 1. The minimum Gasteiger partial charge on any atom is -0.469 e. The van der Waals surface area contributed by atoms with Crippen molar-refractivity contribution in [3.8, 4) is 0 Å². The number of benzene rings is 1. The highest BCUT2D eigenvalue weighted by Crippen LogP contribution is 2.21. The average molecular weight is 298 g/mol. The lowest BCUT2D eigenvalue weighted by Gasteiger charge is -2.13. The Kier molecular flexibility index (Phi) is 3.74.